The fraction of sp³-hybridized carbons (Fsp3) is 0.444. The Morgan fingerprint density at radius 1 is 0.944 bits per heavy atom. The monoisotopic (exact) mass is 236 g/mol. The molecule has 0 aliphatic heterocycles. The largest absolute Gasteiger partial charge is 0.0876 e. The minimum Gasteiger partial charge on any atom is -0.0876 e. The van der Waals surface area contributed by atoms with Crippen molar-refractivity contribution >= 4 is 0 Å². The Labute approximate surface area is 109 Å². The second-order valence-electron chi connectivity index (χ2n) is 6.39. The molecule has 0 heteroatoms. The lowest BCUT2D eigenvalue weighted by molar-refractivity contribution is 0.146. The zero-order valence-electron chi connectivity index (χ0n) is 11.3. The number of benzene rings is 1. The molecule has 1 aromatic rings. The van der Waals surface area contributed by atoms with Gasteiger partial charge in [0.25, 0.3) is 0 Å². The summed E-state index contributed by atoms with van der Waals surface area (Å²) in [4.78, 5) is 0. The Bertz CT molecular complexity index is 590. The van der Waals surface area contributed by atoms with E-state index in [1.54, 1.807) is 11.1 Å². The number of allylic oxidation sites excluding steroid dienone is 4. The van der Waals surface area contributed by atoms with Crippen LogP contribution < -0.4 is 0 Å². The van der Waals surface area contributed by atoms with Crippen LogP contribution in [0.15, 0.2) is 36.4 Å². The van der Waals surface area contributed by atoms with Crippen LogP contribution in [0.5, 0.6) is 0 Å². The van der Waals surface area contributed by atoms with E-state index in [1.165, 1.54) is 36.8 Å². The van der Waals surface area contributed by atoms with Crippen molar-refractivity contribution in [1.29, 1.82) is 0 Å². The maximum absolute atomic E-state index is 2.50. The first kappa shape index (κ1) is 10.6. The Balaban J connectivity index is 2.04. The molecule has 0 saturated carbocycles. The lowest BCUT2D eigenvalue weighted by Gasteiger charge is -2.60. The summed E-state index contributed by atoms with van der Waals surface area (Å²) in [6.45, 7) is 4.58. The quantitative estimate of drug-likeness (QED) is 0.586. The smallest absolute Gasteiger partial charge is 0.0266 e. The summed E-state index contributed by atoms with van der Waals surface area (Å²) in [5.74, 6) is 0. The molecule has 0 N–H and O–H groups in total. The van der Waals surface area contributed by atoms with E-state index in [0.717, 1.165) is 0 Å². The Morgan fingerprint density at radius 2 is 1.72 bits per heavy atom. The molecule has 92 valence electrons. The van der Waals surface area contributed by atoms with E-state index in [0.29, 0.717) is 10.8 Å². The first-order chi connectivity index (χ1) is 8.69. The van der Waals surface area contributed by atoms with E-state index in [2.05, 4.69) is 50.3 Å². The summed E-state index contributed by atoms with van der Waals surface area (Å²) in [5, 5.41) is 0. The second-order valence-corrected chi connectivity index (χ2v) is 6.39. The zero-order valence-corrected chi connectivity index (χ0v) is 11.3. The average Bonchev–Trinajstić information content (AvgIpc) is 2.36. The minimum absolute atomic E-state index is 0.339. The lowest BCUT2D eigenvalue weighted by atomic mass is 9.43. The standard InChI is InChI=1S/C18H20/c1-13-5-6-14(2)16-15(13)7-10-17-8-3-4-9-18(16,17)12-11-17/h3-6,11-12H,7-10H2,1-2H3/t17-,18-/m1/s1. The fourth-order valence-corrected chi connectivity index (χ4v) is 4.61. The molecule has 0 spiro atoms. The first-order valence-corrected chi connectivity index (χ1v) is 7.14. The third kappa shape index (κ3) is 0.993. The van der Waals surface area contributed by atoms with Gasteiger partial charge in [-0.1, -0.05) is 36.4 Å². The van der Waals surface area contributed by atoms with Crippen LogP contribution in [0.2, 0.25) is 0 Å². The van der Waals surface area contributed by atoms with E-state index >= 15 is 0 Å². The molecule has 0 unspecified atom stereocenters. The van der Waals surface area contributed by atoms with Gasteiger partial charge in [-0.15, -0.1) is 0 Å². The first-order valence-electron chi connectivity index (χ1n) is 7.14. The van der Waals surface area contributed by atoms with Gasteiger partial charge in [0, 0.05) is 10.8 Å². The molecule has 4 rings (SSSR count). The van der Waals surface area contributed by atoms with Crippen LogP contribution in [0.25, 0.3) is 0 Å². The average molecular weight is 236 g/mol. The molecule has 0 fully saturated rings. The Kier molecular flexibility index (Phi) is 1.87. The molecule has 0 aromatic heterocycles. The predicted octanol–water partition coefficient (Wildman–Crippen LogP) is 4.39. The van der Waals surface area contributed by atoms with Crippen molar-refractivity contribution in [2.45, 2.75) is 44.9 Å². The summed E-state index contributed by atoms with van der Waals surface area (Å²) in [6, 6.07) is 4.63. The summed E-state index contributed by atoms with van der Waals surface area (Å²) < 4.78 is 0. The van der Waals surface area contributed by atoms with Crippen molar-refractivity contribution in [3.05, 3.63) is 58.7 Å². The Morgan fingerprint density at radius 3 is 2.50 bits per heavy atom. The van der Waals surface area contributed by atoms with Gasteiger partial charge in [0.1, 0.15) is 0 Å². The van der Waals surface area contributed by atoms with E-state index in [-0.39, 0.29) is 0 Å². The normalized spacial score (nSPS) is 35.4. The zero-order chi connectivity index (χ0) is 12.4. The molecule has 3 aliphatic carbocycles. The van der Waals surface area contributed by atoms with E-state index in [9.17, 15) is 0 Å². The van der Waals surface area contributed by atoms with Crippen LogP contribution in [-0.4, -0.2) is 0 Å². The lowest BCUT2D eigenvalue weighted by Crippen LogP contribution is -2.53. The van der Waals surface area contributed by atoms with Gasteiger partial charge in [0.05, 0.1) is 0 Å². The van der Waals surface area contributed by atoms with Crippen molar-refractivity contribution < 1.29 is 0 Å². The summed E-state index contributed by atoms with van der Waals surface area (Å²) in [6.07, 6.45) is 14.9. The highest BCUT2D eigenvalue weighted by atomic mass is 14.6. The van der Waals surface area contributed by atoms with Crippen LogP contribution in [0, 0.1) is 19.3 Å². The highest BCUT2D eigenvalue weighted by molar-refractivity contribution is 5.57. The highest BCUT2D eigenvalue weighted by Crippen LogP contribution is 2.64. The maximum atomic E-state index is 2.50. The third-order valence-electron chi connectivity index (χ3n) is 5.69. The molecule has 0 saturated heterocycles. The second kappa shape index (κ2) is 3.17. The molecule has 0 heterocycles. The number of rotatable bonds is 0. The molecule has 0 bridgehead atoms. The molecule has 3 aliphatic rings. The predicted molar refractivity (Wildman–Crippen MR) is 75.9 cm³/mol. The van der Waals surface area contributed by atoms with Gasteiger partial charge in [0.15, 0.2) is 0 Å². The third-order valence-corrected chi connectivity index (χ3v) is 5.69. The van der Waals surface area contributed by atoms with Crippen LogP contribution in [-0.2, 0) is 11.8 Å². The molecule has 0 amide bonds. The van der Waals surface area contributed by atoms with E-state index in [4.69, 9.17) is 0 Å². The molecule has 0 nitrogen and oxygen atoms in total. The van der Waals surface area contributed by atoms with Crippen molar-refractivity contribution in [1.82, 2.24) is 0 Å². The van der Waals surface area contributed by atoms with Gasteiger partial charge in [0.2, 0.25) is 0 Å². The van der Waals surface area contributed by atoms with Crippen LogP contribution >= 0.6 is 0 Å². The van der Waals surface area contributed by atoms with Crippen LogP contribution in [0.4, 0.5) is 0 Å². The van der Waals surface area contributed by atoms with Gasteiger partial charge in [-0.05, 0) is 61.8 Å². The number of hydrogen-bond donors (Lipinski definition) is 0. The van der Waals surface area contributed by atoms with Gasteiger partial charge < -0.3 is 0 Å². The van der Waals surface area contributed by atoms with E-state index < -0.39 is 0 Å². The van der Waals surface area contributed by atoms with Crippen LogP contribution in [0.3, 0.4) is 0 Å². The number of aryl methyl sites for hydroxylation is 2. The summed E-state index contributed by atoms with van der Waals surface area (Å²) in [7, 11) is 0. The molecular weight excluding hydrogens is 216 g/mol. The number of fused-ring (bicyclic) bond motifs is 1. The molecule has 1 aromatic carbocycles. The molecule has 0 radical (unpaired) electrons. The number of hydrogen-bond acceptors (Lipinski definition) is 0. The molecule has 18 heavy (non-hydrogen) atoms. The molecule has 2 atom stereocenters. The molecular formula is C18H20. The van der Waals surface area contributed by atoms with Crippen molar-refractivity contribution in [3.8, 4) is 0 Å². The van der Waals surface area contributed by atoms with Crippen LogP contribution in [0.1, 0.15) is 41.5 Å². The SMILES string of the molecule is Cc1ccc(C)c2c1CC[C@]13C=C[C@]21CC=CC3. The van der Waals surface area contributed by atoms with Crippen molar-refractivity contribution in [2.24, 2.45) is 5.41 Å². The fourth-order valence-electron chi connectivity index (χ4n) is 4.61. The maximum Gasteiger partial charge on any atom is 0.0266 e. The van der Waals surface area contributed by atoms with Gasteiger partial charge in [-0.25, -0.2) is 0 Å². The van der Waals surface area contributed by atoms with E-state index in [1.807, 2.05) is 0 Å². The van der Waals surface area contributed by atoms with Crippen molar-refractivity contribution in [3.63, 3.8) is 0 Å². The Hall–Kier alpha value is -1.30. The summed E-state index contributed by atoms with van der Waals surface area (Å²) >= 11 is 0. The summed E-state index contributed by atoms with van der Waals surface area (Å²) in [5.41, 5.74) is 7.09. The van der Waals surface area contributed by atoms with Gasteiger partial charge in [-0.3, -0.25) is 0 Å². The highest BCUT2D eigenvalue weighted by Gasteiger charge is 2.57. The minimum atomic E-state index is 0.339. The van der Waals surface area contributed by atoms with Crippen molar-refractivity contribution in [2.75, 3.05) is 0 Å². The van der Waals surface area contributed by atoms with Gasteiger partial charge >= 0.3 is 0 Å². The van der Waals surface area contributed by atoms with Gasteiger partial charge in [-0.2, -0.15) is 0 Å². The topological polar surface area (TPSA) is 0 Å².